The number of rotatable bonds is 7. The Labute approximate surface area is 205 Å². The van der Waals surface area contributed by atoms with E-state index in [0.717, 1.165) is 23.3 Å². The van der Waals surface area contributed by atoms with E-state index in [1.807, 2.05) is 0 Å². The van der Waals surface area contributed by atoms with Crippen molar-refractivity contribution in [2.45, 2.75) is 56.9 Å². The van der Waals surface area contributed by atoms with E-state index in [9.17, 15) is 27.6 Å². The van der Waals surface area contributed by atoms with Crippen molar-refractivity contribution >= 4 is 28.8 Å². The summed E-state index contributed by atoms with van der Waals surface area (Å²) in [7, 11) is 1.74. The van der Waals surface area contributed by atoms with Crippen LogP contribution in [0, 0.1) is 5.92 Å². The van der Waals surface area contributed by atoms with Gasteiger partial charge in [-0.15, -0.1) is 5.10 Å². The van der Waals surface area contributed by atoms with E-state index in [2.05, 4.69) is 15.6 Å². The minimum Gasteiger partial charge on any atom is -0.350 e. The Morgan fingerprint density at radius 3 is 2.64 bits per heavy atom. The van der Waals surface area contributed by atoms with Gasteiger partial charge in [-0.3, -0.25) is 14.4 Å². The third-order valence-corrected chi connectivity index (χ3v) is 6.94. The van der Waals surface area contributed by atoms with Gasteiger partial charge < -0.3 is 20.9 Å². The Balaban J connectivity index is 1.40. The number of aryl methyl sites for hydroxylation is 1. The number of hydrogen-bond donors (Lipinski definition) is 2. The third kappa shape index (κ3) is 5.61. The van der Waals surface area contributed by atoms with Crippen LogP contribution in [-0.2, 0) is 28.0 Å². The second-order valence-corrected chi connectivity index (χ2v) is 9.47. The van der Waals surface area contributed by atoms with Gasteiger partial charge in [0.05, 0.1) is 17.5 Å². The van der Waals surface area contributed by atoms with Crippen LogP contribution in [0.25, 0.3) is 11.0 Å². The predicted octanol–water partition coefficient (Wildman–Crippen LogP) is 1.09. The first-order valence-electron chi connectivity index (χ1n) is 12.0. The topological polar surface area (TPSA) is 126 Å². The lowest BCUT2D eigenvalue weighted by molar-refractivity contribution is -0.171. The number of nitrogens with one attached hydrogen (secondary N) is 1. The van der Waals surface area contributed by atoms with Crippen LogP contribution < -0.4 is 11.1 Å². The average Bonchev–Trinajstić information content (AvgIpc) is 3.60. The number of hydrogen-bond acceptors (Lipinski definition) is 6. The second kappa shape index (κ2) is 10.4. The molecule has 3 amide bonds. The van der Waals surface area contributed by atoms with Crippen molar-refractivity contribution in [1.29, 1.82) is 0 Å². The lowest BCUT2D eigenvalue weighted by atomic mass is 10.0. The first-order chi connectivity index (χ1) is 17.0. The predicted molar refractivity (Wildman–Crippen MR) is 123 cm³/mol. The Hall–Kier alpha value is -3.22. The first kappa shape index (κ1) is 25.9. The van der Waals surface area contributed by atoms with Crippen LogP contribution in [0.15, 0.2) is 18.2 Å². The number of carbonyl (C=O) groups excluding carboxylic acids is 3. The Kier molecular flexibility index (Phi) is 7.48. The summed E-state index contributed by atoms with van der Waals surface area (Å²) in [6.07, 6.45) is -3.21. The molecule has 10 nitrogen and oxygen atoms in total. The number of aromatic nitrogens is 3. The summed E-state index contributed by atoms with van der Waals surface area (Å²) in [5.41, 5.74) is 8.10. The highest BCUT2D eigenvalue weighted by Crippen LogP contribution is 2.37. The van der Waals surface area contributed by atoms with Crippen LogP contribution in [0.2, 0.25) is 0 Å². The molecule has 3 atom stereocenters. The molecule has 0 aliphatic carbocycles. The highest BCUT2D eigenvalue weighted by atomic mass is 19.4. The molecule has 2 aliphatic heterocycles. The highest BCUT2D eigenvalue weighted by molar-refractivity contribution is 5.91. The largest absolute Gasteiger partial charge is 0.393 e. The van der Waals surface area contributed by atoms with E-state index in [0.29, 0.717) is 24.2 Å². The molecule has 2 fully saturated rings. The minimum absolute atomic E-state index is 0.00775. The van der Waals surface area contributed by atoms with Gasteiger partial charge in [0, 0.05) is 39.6 Å². The number of nitrogens with zero attached hydrogens (tertiary/aromatic N) is 5. The van der Waals surface area contributed by atoms with Crippen LogP contribution in [0.3, 0.4) is 0 Å². The standard InChI is InChI=1S/C23H30F3N7O3/c1-31-18-6-4-14(10-17(18)29-30-31)12-28-21(35)19-11-15(23(24,25)26)13-33(19)22(36)16(27)5-7-20(34)32-8-2-3-9-32/h4,6,10,15-16,19H,2-3,5,7-9,11-13,27H2,1H3,(H,28,35)/t15-,16+,19-/m0/s1. The average molecular weight is 510 g/mol. The number of alkyl halides is 3. The molecule has 2 aliphatic rings. The fraction of sp³-hybridized carbons (Fsp3) is 0.609. The second-order valence-electron chi connectivity index (χ2n) is 9.47. The zero-order chi connectivity index (χ0) is 26.0. The molecule has 1 aromatic carbocycles. The third-order valence-electron chi connectivity index (χ3n) is 6.94. The molecule has 4 rings (SSSR count). The number of fused-ring (bicyclic) bond motifs is 1. The smallest absolute Gasteiger partial charge is 0.350 e. The maximum Gasteiger partial charge on any atom is 0.393 e. The van der Waals surface area contributed by atoms with Gasteiger partial charge in [-0.2, -0.15) is 13.2 Å². The SMILES string of the molecule is Cn1nnc2cc(CNC(=O)[C@@H]3C[C@H](C(F)(F)F)CN3C(=O)[C@H](N)CCC(=O)N3CCCC3)ccc21. The monoisotopic (exact) mass is 509 g/mol. The van der Waals surface area contributed by atoms with Crippen LogP contribution in [0.4, 0.5) is 13.2 Å². The molecule has 0 spiro atoms. The summed E-state index contributed by atoms with van der Waals surface area (Å²) < 4.78 is 42.1. The van der Waals surface area contributed by atoms with Gasteiger partial charge >= 0.3 is 6.18 Å². The molecular weight excluding hydrogens is 479 g/mol. The molecular formula is C23H30F3N7O3. The summed E-state index contributed by atoms with van der Waals surface area (Å²) in [5.74, 6) is -3.39. The Morgan fingerprint density at radius 2 is 1.94 bits per heavy atom. The molecule has 196 valence electrons. The zero-order valence-corrected chi connectivity index (χ0v) is 20.0. The fourth-order valence-corrected chi connectivity index (χ4v) is 4.81. The summed E-state index contributed by atoms with van der Waals surface area (Å²) >= 11 is 0. The molecule has 1 aromatic heterocycles. The molecule has 0 unspecified atom stereocenters. The maximum absolute atomic E-state index is 13.5. The van der Waals surface area contributed by atoms with E-state index in [1.165, 1.54) is 0 Å². The van der Waals surface area contributed by atoms with Crippen molar-refractivity contribution in [3.8, 4) is 0 Å². The van der Waals surface area contributed by atoms with Crippen molar-refractivity contribution < 1.29 is 27.6 Å². The van der Waals surface area contributed by atoms with Crippen molar-refractivity contribution in [1.82, 2.24) is 30.1 Å². The van der Waals surface area contributed by atoms with Crippen LogP contribution in [0.1, 0.15) is 37.7 Å². The van der Waals surface area contributed by atoms with Gasteiger partial charge in [0.2, 0.25) is 17.7 Å². The lowest BCUT2D eigenvalue weighted by Crippen LogP contribution is -2.51. The van der Waals surface area contributed by atoms with Crippen molar-refractivity contribution in [3.05, 3.63) is 23.8 Å². The number of likely N-dealkylation sites (tertiary alicyclic amines) is 2. The van der Waals surface area contributed by atoms with Crippen molar-refractivity contribution in [2.24, 2.45) is 18.7 Å². The number of halogens is 3. The van der Waals surface area contributed by atoms with E-state index in [-0.39, 0.29) is 25.3 Å². The molecule has 3 N–H and O–H groups in total. The number of carbonyl (C=O) groups is 3. The van der Waals surface area contributed by atoms with Gasteiger partial charge in [-0.25, -0.2) is 4.68 Å². The summed E-state index contributed by atoms with van der Waals surface area (Å²) in [6, 6.07) is 2.80. The zero-order valence-electron chi connectivity index (χ0n) is 20.0. The van der Waals surface area contributed by atoms with Crippen LogP contribution in [0.5, 0.6) is 0 Å². The van der Waals surface area contributed by atoms with E-state index < -0.39 is 49.0 Å². The van der Waals surface area contributed by atoms with Gasteiger partial charge in [-0.1, -0.05) is 11.3 Å². The maximum atomic E-state index is 13.5. The van der Waals surface area contributed by atoms with Gasteiger partial charge in [0.15, 0.2) is 0 Å². The van der Waals surface area contributed by atoms with E-state index in [4.69, 9.17) is 5.73 Å². The lowest BCUT2D eigenvalue weighted by Gasteiger charge is -2.27. The number of benzene rings is 1. The van der Waals surface area contributed by atoms with Gasteiger partial charge in [0.1, 0.15) is 11.6 Å². The Bertz CT molecular complexity index is 1130. The van der Waals surface area contributed by atoms with Crippen LogP contribution >= 0.6 is 0 Å². The molecule has 0 saturated carbocycles. The van der Waals surface area contributed by atoms with Gasteiger partial charge in [0.25, 0.3) is 0 Å². The molecule has 2 saturated heterocycles. The molecule has 3 heterocycles. The Morgan fingerprint density at radius 1 is 1.22 bits per heavy atom. The van der Waals surface area contributed by atoms with Crippen LogP contribution in [-0.4, -0.2) is 80.4 Å². The number of nitrogens with two attached hydrogens (primary N) is 1. The molecule has 2 aromatic rings. The molecule has 0 bridgehead atoms. The first-order valence-corrected chi connectivity index (χ1v) is 12.0. The fourth-order valence-electron chi connectivity index (χ4n) is 4.81. The normalized spacial score (nSPS) is 21.2. The molecule has 36 heavy (non-hydrogen) atoms. The summed E-state index contributed by atoms with van der Waals surface area (Å²) in [5, 5.41) is 10.6. The van der Waals surface area contributed by atoms with E-state index >= 15 is 0 Å². The summed E-state index contributed by atoms with van der Waals surface area (Å²) in [4.78, 5) is 40.8. The molecule has 0 radical (unpaired) electrons. The quantitative estimate of drug-likeness (QED) is 0.576. The van der Waals surface area contributed by atoms with Gasteiger partial charge in [-0.05, 0) is 43.4 Å². The number of amides is 3. The summed E-state index contributed by atoms with van der Waals surface area (Å²) in [6.45, 7) is 0.734. The van der Waals surface area contributed by atoms with Crippen molar-refractivity contribution in [2.75, 3.05) is 19.6 Å². The van der Waals surface area contributed by atoms with Crippen molar-refractivity contribution in [3.63, 3.8) is 0 Å². The van der Waals surface area contributed by atoms with E-state index in [1.54, 1.807) is 34.8 Å². The minimum atomic E-state index is -4.56. The highest BCUT2D eigenvalue weighted by Gasteiger charge is 2.51. The molecule has 13 heteroatoms.